The Hall–Kier alpha value is -1.58. The largest absolute Gasteiger partial charge is 0.349 e. The van der Waals surface area contributed by atoms with E-state index in [4.69, 9.17) is 4.99 Å². The summed E-state index contributed by atoms with van der Waals surface area (Å²) in [6, 6.07) is 6.01. The Morgan fingerprint density at radius 3 is 2.22 bits per heavy atom. The lowest BCUT2D eigenvalue weighted by molar-refractivity contribution is 0.461. The van der Waals surface area contributed by atoms with E-state index in [1.165, 1.54) is 0 Å². The second kappa shape index (κ2) is 5.85. The van der Waals surface area contributed by atoms with Crippen LogP contribution in [0.2, 0.25) is 0 Å². The average Bonchev–Trinajstić information content (AvgIpc) is 2.29. The number of guanidine groups is 1. The van der Waals surface area contributed by atoms with Gasteiger partial charge in [0.1, 0.15) is 0 Å². The first kappa shape index (κ1) is 14.5. The van der Waals surface area contributed by atoms with E-state index in [1.54, 1.807) is 0 Å². The predicted octanol–water partition coefficient (Wildman–Crippen LogP) is 1.84. The first-order chi connectivity index (χ1) is 8.34. The summed E-state index contributed by atoms with van der Waals surface area (Å²) in [5.74, 6) is 0.971. The lowest BCUT2D eigenvalue weighted by atomic mass is 9.89. The number of aromatic nitrogens is 1. The molecule has 4 heteroatoms. The van der Waals surface area contributed by atoms with Crippen molar-refractivity contribution in [2.45, 2.75) is 19.3 Å². The Morgan fingerprint density at radius 1 is 1.17 bits per heavy atom. The van der Waals surface area contributed by atoms with Crippen molar-refractivity contribution in [3.05, 3.63) is 30.1 Å². The van der Waals surface area contributed by atoms with Gasteiger partial charge in [0.2, 0.25) is 0 Å². The van der Waals surface area contributed by atoms with E-state index in [0.717, 1.165) is 18.2 Å². The van der Waals surface area contributed by atoms with Crippen molar-refractivity contribution in [3.63, 3.8) is 0 Å². The number of rotatable bonds is 3. The van der Waals surface area contributed by atoms with Crippen molar-refractivity contribution in [1.82, 2.24) is 14.8 Å². The van der Waals surface area contributed by atoms with Crippen LogP contribution in [-0.2, 0) is 5.41 Å². The van der Waals surface area contributed by atoms with Crippen LogP contribution in [0.25, 0.3) is 0 Å². The maximum absolute atomic E-state index is 4.70. The molecule has 0 radical (unpaired) electrons. The summed E-state index contributed by atoms with van der Waals surface area (Å²) in [5.41, 5.74) is 1.02. The summed E-state index contributed by atoms with van der Waals surface area (Å²) in [6.45, 7) is 5.05. The third-order valence-electron chi connectivity index (χ3n) is 2.77. The number of aliphatic imine (C=N–C) groups is 1. The first-order valence-electron chi connectivity index (χ1n) is 6.15. The molecule has 0 unspecified atom stereocenters. The Morgan fingerprint density at radius 2 is 1.78 bits per heavy atom. The van der Waals surface area contributed by atoms with Crippen LogP contribution in [-0.4, -0.2) is 55.5 Å². The van der Waals surface area contributed by atoms with Gasteiger partial charge in [-0.15, -0.1) is 0 Å². The highest BCUT2D eigenvalue weighted by molar-refractivity contribution is 5.79. The van der Waals surface area contributed by atoms with Crippen LogP contribution in [0.15, 0.2) is 29.4 Å². The molecule has 1 rings (SSSR count). The fraction of sp³-hybridized carbons (Fsp3) is 0.571. The van der Waals surface area contributed by atoms with E-state index in [9.17, 15) is 0 Å². The predicted molar refractivity (Wildman–Crippen MR) is 76.9 cm³/mol. The van der Waals surface area contributed by atoms with Crippen molar-refractivity contribution in [1.29, 1.82) is 0 Å². The van der Waals surface area contributed by atoms with Gasteiger partial charge in [-0.3, -0.25) is 9.98 Å². The number of hydrogen-bond acceptors (Lipinski definition) is 2. The summed E-state index contributed by atoms with van der Waals surface area (Å²) in [5, 5.41) is 0. The van der Waals surface area contributed by atoms with Crippen molar-refractivity contribution < 1.29 is 0 Å². The summed E-state index contributed by atoms with van der Waals surface area (Å²) < 4.78 is 0. The third-order valence-corrected chi connectivity index (χ3v) is 2.77. The summed E-state index contributed by atoms with van der Waals surface area (Å²) in [6.07, 6.45) is 1.83. The lowest BCUT2D eigenvalue weighted by Gasteiger charge is -2.26. The maximum Gasteiger partial charge on any atom is 0.195 e. The Bertz CT molecular complexity index is 384. The van der Waals surface area contributed by atoms with Gasteiger partial charge < -0.3 is 9.80 Å². The van der Waals surface area contributed by atoms with E-state index < -0.39 is 0 Å². The normalized spacial score (nSPS) is 11.0. The van der Waals surface area contributed by atoms with Crippen molar-refractivity contribution in [2.24, 2.45) is 4.99 Å². The van der Waals surface area contributed by atoms with Crippen molar-refractivity contribution in [3.8, 4) is 0 Å². The molecule has 1 heterocycles. The van der Waals surface area contributed by atoms with Crippen LogP contribution in [0.1, 0.15) is 19.5 Å². The van der Waals surface area contributed by atoms with E-state index in [0.29, 0.717) is 0 Å². The number of nitrogens with zero attached hydrogens (tertiary/aromatic N) is 4. The molecule has 18 heavy (non-hydrogen) atoms. The fourth-order valence-electron chi connectivity index (χ4n) is 1.80. The zero-order chi connectivity index (χ0) is 13.8. The quantitative estimate of drug-likeness (QED) is 0.604. The molecular formula is C14H24N4. The van der Waals surface area contributed by atoms with E-state index >= 15 is 0 Å². The Kier molecular flexibility index (Phi) is 4.70. The molecule has 0 aliphatic rings. The Labute approximate surface area is 110 Å². The molecule has 1 aromatic rings. The average molecular weight is 248 g/mol. The molecule has 0 bridgehead atoms. The molecule has 0 atom stereocenters. The van der Waals surface area contributed by atoms with Crippen molar-refractivity contribution >= 4 is 5.96 Å². The molecule has 0 aliphatic carbocycles. The smallest absolute Gasteiger partial charge is 0.195 e. The monoisotopic (exact) mass is 248 g/mol. The van der Waals surface area contributed by atoms with Gasteiger partial charge in [-0.25, -0.2) is 0 Å². The van der Waals surface area contributed by atoms with Crippen LogP contribution in [0.5, 0.6) is 0 Å². The van der Waals surface area contributed by atoms with E-state index in [2.05, 4.69) is 24.9 Å². The highest BCUT2D eigenvalue weighted by Crippen LogP contribution is 2.21. The van der Waals surface area contributed by atoms with Gasteiger partial charge in [0.05, 0.1) is 6.54 Å². The summed E-state index contributed by atoms with van der Waals surface area (Å²) in [4.78, 5) is 13.2. The standard InChI is InChI=1S/C14H24N4/c1-14(2,12-9-7-8-10-15-12)11-16-13(17(3)4)18(5)6/h7-10H,11H2,1-6H3. The molecule has 0 aromatic carbocycles. The van der Waals surface area contributed by atoms with Crippen molar-refractivity contribution in [2.75, 3.05) is 34.7 Å². The minimum absolute atomic E-state index is 0.0570. The van der Waals surface area contributed by atoms with Gasteiger partial charge in [-0.2, -0.15) is 0 Å². The maximum atomic E-state index is 4.70. The van der Waals surface area contributed by atoms with Gasteiger partial charge >= 0.3 is 0 Å². The fourth-order valence-corrected chi connectivity index (χ4v) is 1.80. The summed E-state index contributed by atoms with van der Waals surface area (Å²) in [7, 11) is 8.03. The Balaban J connectivity index is 2.86. The number of hydrogen-bond donors (Lipinski definition) is 0. The highest BCUT2D eigenvalue weighted by Gasteiger charge is 2.22. The highest BCUT2D eigenvalue weighted by atomic mass is 15.3. The van der Waals surface area contributed by atoms with Gasteiger partial charge in [0.15, 0.2) is 5.96 Å². The molecule has 0 fully saturated rings. The van der Waals surface area contributed by atoms with Gasteiger partial charge in [-0.1, -0.05) is 19.9 Å². The minimum Gasteiger partial charge on any atom is -0.349 e. The lowest BCUT2D eigenvalue weighted by Crippen LogP contribution is -2.37. The van der Waals surface area contributed by atoms with E-state index in [-0.39, 0.29) is 5.41 Å². The second-order valence-electron chi connectivity index (χ2n) is 5.50. The number of pyridine rings is 1. The molecule has 0 aliphatic heterocycles. The zero-order valence-electron chi connectivity index (χ0n) is 12.3. The van der Waals surface area contributed by atoms with E-state index in [1.807, 2.05) is 56.3 Å². The third kappa shape index (κ3) is 3.72. The molecule has 0 amide bonds. The van der Waals surface area contributed by atoms with Crippen LogP contribution in [0.3, 0.4) is 0 Å². The zero-order valence-corrected chi connectivity index (χ0v) is 12.3. The molecule has 0 spiro atoms. The van der Waals surface area contributed by atoms with Crippen LogP contribution >= 0.6 is 0 Å². The topological polar surface area (TPSA) is 31.7 Å². The minimum atomic E-state index is -0.0570. The van der Waals surface area contributed by atoms with Gasteiger partial charge in [0, 0.05) is 45.5 Å². The van der Waals surface area contributed by atoms with Gasteiger partial charge in [-0.05, 0) is 12.1 Å². The van der Waals surface area contributed by atoms with Crippen LogP contribution < -0.4 is 0 Å². The molecule has 0 saturated heterocycles. The molecule has 1 aromatic heterocycles. The summed E-state index contributed by atoms with van der Waals surface area (Å²) >= 11 is 0. The first-order valence-corrected chi connectivity index (χ1v) is 6.15. The molecule has 0 N–H and O–H groups in total. The van der Waals surface area contributed by atoms with Crippen LogP contribution in [0.4, 0.5) is 0 Å². The SMILES string of the molecule is CN(C)C(=NCC(C)(C)c1ccccn1)N(C)C. The van der Waals surface area contributed by atoms with Crippen LogP contribution in [0, 0.1) is 0 Å². The molecule has 4 nitrogen and oxygen atoms in total. The molecular weight excluding hydrogens is 224 g/mol. The molecule has 100 valence electrons. The molecule has 0 saturated carbocycles. The van der Waals surface area contributed by atoms with Gasteiger partial charge in [0.25, 0.3) is 0 Å². The second-order valence-corrected chi connectivity index (χ2v) is 5.50.